The molecule has 0 aromatic heterocycles. The summed E-state index contributed by atoms with van der Waals surface area (Å²) in [5.74, 6) is 1.38. The molecule has 1 amide bonds. The zero-order valence-electron chi connectivity index (χ0n) is 20.6. The van der Waals surface area contributed by atoms with E-state index in [1.165, 1.54) is 0 Å². The smallest absolute Gasteiger partial charge is 0.410 e. The van der Waals surface area contributed by atoms with Gasteiger partial charge in [0.05, 0.1) is 19.5 Å². The highest BCUT2D eigenvalue weighted by molar-refractivity contribution is 7.85. The second kappa shape index (κ2) is 12.0. The number of ether oxygens (including phenoxy) is 1. The zero-order valence-corrected chi connectivity index (χ0v) is 22.4. The number of fused-ring (bicyclic) bond motifs is 1. The summed E-state index contributed by atoms with van der Waals surface area (Å²) >= 11 is 0. The van der Waals surface area contributed by atoms with E-state index in [9.17, 15) is 18.0 Å². The molecule has 0 unspecified atom stereocenters. The summed E-state index contributed by atoms with van der Waals surface area (Å²) in [5, 5.41) is 0. The molecule has 2 aliphatic rings. The standard InChI is InChI=1S/C23H43NO6SSi/c1-18-15-19(17-20(25)9-6-7-12-30-31(2,27)28)21-10-8-11-24(22(21)16-18)23(26)29-13-14-32(3,4)5/h18-19,21-22H,6-17H2,1-5H3/t18-,19-,21-,22+/m1/s1. The molecule has 0 spiro atoms. The van der Waals surface area contributed by atoms with Crippen LogP contribution in [0.4, 0.5) is 4.79 Å². The minimum atomic E-state index is -3.42. The summed E-state index contributed by atoms with van der Waals surface area (Å²) in [6.45, 7) is 10.4. The molecule has 1 aliphatic carbocycles. The molecule has 0 radical (unpaired) electrons. The first-order valence-corrected chi connectivity index (χ1v) is 17.7. The second-order valence-corrected chi connectivity index (χ2v) is 18.3. The van der Waals surface area contributed by atoms with Gasteiger partial charge in [-0.05, 0) is 62.3 Å². The molecular weight excluding hydrogens is 446 g/mol. The van der Waals surface area contributed by atoms with Gasteiger partial charge in [-0.2, -0.15) is 8.42 Å². The topological polar surface area (TPSA) is 90.0 Å². The van der Waals surface area contributed by atoms with E-state index in [2.05, 4.69) is 26.6 Å². The van der Waals surface area contributed by atoms with Gasteiger partial charge in [-0.1, -0.05) is 26.6 Å². The third-order valence-electron chi connectivity index (χ3n) is 6.73. The quantitative estimate of drug-likeness (QED) is 0.237. The van der Waals surface area contributed by atoms with Gasteiger partial charge in [0.2, 0.25) is 0 Å². The molecule has 0 bridgehead atoms. The van der Waals surface area contributed by atoms with E-state index in [1.54, 1.807) is 0 Å². The minimum Gasteiger partial charge on any atom is -0.450 e. The first-order chi connectivity index (χ1) is 14.9. The second-order valence-electron chi connectivity index (χ2n) is 11.1. The molecule has 0 aromatic rings. The van der Waals surface area contributed by atoms with Crippen LogP contribution >= 0.6 is 0 Å². The van der Waals surface area contributed by atoms with Crippen LogP contribution < -0.4 is 0 Å². The molecule has 1 saturated heterocycles. The van der Waals surface area contributed by atoms with E-state index in [1.807, 2.05) is 4.90 Å². The molecule has 2 rings (SSSR count). The first kappa shape index (κ1) is 27.3. The number of unbranched alkanes of at least 4 members (excludes halogenated alkanes) is 1. The fourth-order valence-corrected chi connectivity index (χ4v) is 6.29. The first-order valence-electron chi connectivity index (χ1n) is 12.2. The highest BCUT2D eigenvalue weighted by Gasteiger charge is 2.43. The van der Waals surface area contributed by atoms with Gasteiger partial charge in [0, 0.05) is 33.5 Å². The monoisotopic (exact) mass is 489 g/mol. The summed E-state index contributed by atoms with van der Waals surface area (Å²) in [5.41, 5.74) is 0. The molecule has 1 saturated carbocycles. The maximum atomic E-state index is 12.8. The Bertz CT molecular complexity index is 735. The van der Waals surface area contributed by atoms with Crippen molar-refractivity contribution >= 4 is 30.1 Å². The van der Waals surface area contributed by atoms with Crippen molar-refractivity contribution in [1.29, 1.82) is 0 Å². The lowest BCUT2D eigenvalue weighted by molar-refractivity contribution is -0.121. The van der Waals surface area contributed by atoms with Gasteiger partial charge in [-0.25, -0.2) is 4.79 Å². The summed E-state index contributed by atoms with van der Waals surface area (Å²) in [7, 11) is -4.66. The molecule has 1 heterocycles. The summed E-state index contributed by atoms with van der Waals surface area (Å²) in [6, 6.07) is 1.15. The SMILES string of the molecule is C[C@@H]1C[C@H](CC(=O)CCCCOS(C)(=O)=O)[C@H]2CCCN(C(=O)OCC[Si](C)(C)C)[C@H]2C1. The molecule has 9 heteroatoms. The van der Waals surface area contributed by atoms with Gasteiger partial charge in [-0.15, -0.1) is 0 Å². The van der Waals surface area contributed by atoms with Crippen LogP contribution in [0.15, 0.2) is 0 Å². The summed E-state index contributed by atoms with van der Waals surface area (Å²) < 4.78 is 32.4. The Morgan fingerprint density at radius 2 is 1.81 bits per heavy atom. The van der Waals surface area contributed by atoms with E-state index < -0.39 is 18.2 Å². The van der Waals surface area contributed by atoms with Crippen molar-refractivity contribution in [2.45, 2.75) is 90.0 Å². The summed E-state index contributed by atoms with van der Waals surface area (Å²) in [4.78, 5) is 27.4. The Kier molecular flexibility index (Phi) is 10.2. The van der Waals surface area contributed by atoms with Gasteiger partial charge in [0.1, 0.15) is 5.78 Å². The minimum absolute atomic E-state index is 0.131. The number of rotatable bonds is 11. The van der Waals surface area contributed by atoms with Crippen molar-refractivity contribution in [2.75, 3.05) is 26.0 Å². The van der Waals surface area contributed by atoms with Gasteiger partial charge in [-0.3, -0.25) is 8.98 Å². The maximum Gasteiger partial charge on any atom is 0.410 e. The van der Waals surface area contributed by atoms with Crippen molar-refractivity contribution in [1.82, 2.24) is 4.90 Å². The number of nitrogens with zero attached hydrogens (tertiary/aromatic N) is 1. The van der Waals surface area contributed by atoms with Crippen molar-refractivity contribution in [3.63, 3.8) is 0 Å². The lowest BCUT2D eigenvalue weighted by atomic mass is 9.66. The Morgan fingerprint density at radius 3 is 2.47 bits per heavy atom. The number of ketones is 1. The third-order valence-corrected chi connectivity index (χ3v) is 9.03. The van der Waals surface area contributed by atoms with Crippen LogP contribution in [0.25, 0.3) is 0 Å². The molecule has 186 valence electrons. The zero-order chi connectivity index (χ0) is 23.9. The average molecular weight is 490 g/mol. The van der Waals surface area contributed by atoms with E-state index in [0.29, 0.717) is 50.0 Å². The third kappa shape index (κ3) is 9.51. The van der Waals surface area contributed by atoms with Crippen molar-refractivity contribution in [3.8, 4) is 0 Å². The van der Waals surface area contributed by atoms with Crippen molar-refractivity contribution in [3.05, 3.63) is 0 Å². The van der Waals surface area contributed by atoms with E-state index in [4.69, 9.17) is 8.92 Å². The number of piperidine rings is 1. The Hall–Kier alpha value is -0.933. The van der Waals surface area contributed by atoms with Crippen LogP contribution in [0.3, 0.4) is 0 Å². The summed E-state index contributed by atoms with van der Waals surface area (Å²) in [6.07, 6.45) is 7.11. The number of hydrogen-bond acceptors (Lipinski definition) is 6. The number of amides is 1. The molecule has 0 N–H and O–H groups in total. The van der Waals surface area contributed by atoms with Crippen molar-refractivity contribution in [2.24, 2.45) is 17.8 Å². The number of carbonyl (C=O) groups is 2. The van der Waals surface area contributed by atoms with Crippen LogP contribution in [-0.2, 0) is 23.8 Å². The van der Waals surface area contributed by atoms with Crippen LogP contribution in [0.5, 0.6) is 0 Å². The molecule has 7 nitrogen and oxygen atoms in total. The predicted molar refractivity (Wildman–Crippen MR) is 129 cm³/mol. The highest BCUT2D eigenvalue weighted by atomic mass is 32.2. The fourth-order valence-electron chi connectivity index (χ4n) is 5.16. The largest absolute Gasteiger partial charge is 0.450 e. The number of Topliss-reactive ketones (excluding diaryl/α,β-unsaturated/α-hetero) is 1. The molecule has 0 aromatic carbocycles. The van der Waals surface area contributed by atoms with E-state index in [0.717, 1.165) is 44.5 Å². The van der Waals surface area contributed by atoms with Gasteiger partial charge < -0.3 is 9.64 Å². The lowest BCUT2D eigenvalue weighted by Crippen LogP contribution is -2.53. The average Bonchev–Trinajstić information content (AvgIpc) is 2.65. The number of hydrogen-bond donors (Lipinski definition) is 0. The van der Waals surface area contributed by atoms with Gasteiger partial charge >= 0.3 is 6.09 Å². The Labute approximate surface area is 195 Å². The molecule has 4 atom stereocenters. The van der Waals surface area contributed by atoms with Crippen molar-refractivity contribution < 1.29 is 26.9 Å². The van der Waals surface area contributed by atoms with E-state index in [-0.39, 0.29) is 24.5 Å². The fraction of sp³-hybridized carbons (Fsp3) is 0.913. The Balaban J connectivity index is 1.87. The normalized spacial score (nSPS) is 26.5. The predicted octanol–water partition coefficient (Wildman–Crippen LogP) is 4.69. The van der Waals surface area contributed by atoms with Crippen LogP contribution in [-0.4, -0.2) is 65.3 Å². The molecule has 32 heavy (non-hydrogen) atoms. The van der Waals surface area contributed by atoms with E-state index >= 15 is 0 Å². The highest BCUT2D eigenvalue weighted by Crippen LogP contribution is 2.43. The van der Waals surface area contributed by atoms with Gasteiger partial charge in [0.25, 0.3) is 10.1 Å². The van der Waals surface area contributed by atoms with Crippen LogP contribution in [0, 0.1) is 17.8 Å². The molecule has 1 aliphatic heterocycles. The molecule has 2 fully saturated rings. The number of likely N-dealkylation sites (tertiary alicyclic amines) is 1. The number of carbonyl (C=O) groups excluding carboxylic acids is 2. The molecular formula is C23H43NO6SSi. The van der Waals surface area contributed by atoms with Gasteiger partial charge in [0.15, 0.2) is 0 Å². The Morgan fingerprint density at radius 1 is 1.09 bits per heavy atom. The lowest BCUT2D eigenvalue weighted by Gasteiger charge is -2.49. The maximum absolute atomic E-state index is 12.8. The van der Waals surface area contributed by atoms with Crippen LogP contribution in [0.2, 0.25) is 25.7 Å². The van der Waals surface area contributed by atoms with Crippen LogP contribution in [0.1, 0.15) is 58.3 Å².